The van der Waals surface area contributed by atoms with Crippen LogP contribution >= 0.6 is 11.3 Å². The van der Waals surface area contributed by atoms with Crippen molar-refractivity contribution in [2.75, 3.05) is 24.7 Å². The lowest BCUT2D eigenvalue weighted by molar-refractivity contribution is 0.0955. The number of aryl methyl sites for hydroxylation is 2. The molecule has 0 aliphatic heterocycles. The fraction of sp³-hybridized carbons (Fsp3) is 0.417. The van der Waals surface area contributed by atoms with Crippen molar-refractivity contribution >= 4 is 28.2 Å². The van der Waals surface area contributed by atoms with Crippen LogP contribution in [-0.4, -0.2) is 34.8 Å². The van der Waals surface area contributed by atoms with Gasteiger partial charge in [-0.1, -0.05) is 11.3 Å². The summed E-state index contributed by atoms with van der Waals surface area (Å²) in [6.07, 6.45) is 1.89. The van der Waals surface area contributed by atoms with Gasteiger partial charge < -0.3 is 16.0 Å². The molecule has 0 aliphatic carbocycles. The number of amides is 1. The van der Waals surface area contributed by atoms with E-state index in [9.17, 15) is 4.79 Å². The molecule has 0 aromatic carbocycles. The molecule has 2 rings (SSSR count). The predicted octanol–water partition coefficient (Wildman–Crippen LogP) is 0.763. The van der Waals surface area contributed by atoms with Crippen LogP contribution in [0.5, 0.6) is 0 Å². The van der Waals surface area contributed by atoms with Crippen LogP contribution < -0.4 is 16.0 Å². The molecule has 8 heteroatoms. The van der Waals surface area contributed by atoms with Crippen LogP contribution in [0.4, 0.5) is 10.9 Å². The van der Waals surface area contributed by atoms with Gasteiger partial charge in [0.2, 0.25) is 0 Å². The molecule has 2 heterocycles. The molecule has 2 aromatic rings. The van der Waals surface area contributed by atoms with Crippen LogP contribution in [0.2, 0.25) is 0 Å². The topological polar surface area (TPSA) is 89.1 Å². The summed E-state index contributed by atoms with van der Waals surface area (Å²) in [6, 6.07) is 0. The fourth-order valence-electron chi connectivity index (χ4n) is 1.75. The highest BCUT2D eigenvalue weighted by Crippen LogP contribution is 2.26. The van der Waals surface area contributed by atoms with E-state index >= 15 is 0 Å². The lowest BCUT2D eigenvalue weighted by Crippen LogP contribution is -2.22. The van der Waals surface area contributed by atoms with Gasteiger partial charge in [0, 0.05) is 39.4 Å². The number of aromatic nitrogens is 3. The zero-order chi connectivity index (χ0) is 14.9. The van der Waals surface area contributed by atoms with Gasteiger partial charge in [0.25, 0.3) is 5.91 Å². The van der Waals surface area contributed by atoms with E-state index in [4.69, 9.17) is 5.73 Å². The van der Waals surface area contributed by atoms with Gasteiger partial charge in [-0.15, -0.1) is 0 Å². The molecule has 0 aliphatic rings. The molecule has 1 amide bonds. The number of thiazole rings is 1. The highest BCUT2D eigenvalue weighted by Gasteiger charge is 2.17. The van der Waals surface area contributed by atoms with Crippen LogP contribution in [0.3, 0.4) is 0 Å². The molecule has 0 spiro atoms. The Bertz CT molecular complexity index is 630. The Hall–Kier alpha value is -2.09. The molecule has 0 saturated heterocycles. The van der Waals surface area contributed by atoms with Crippen LogP contribution in [0, 0.1) is 6.92 Å². The van der Waals surface area contributed by atoms with Crippen LogP contribution in [-0.2, 0) is 13.6 Å². The lowest BCUT2D eigenvalue weighted by atomic mass is 10.2. The summed E-state index contributed by atoms with van der Waals surface area (Å²) in [5, 5.41) is 7.79. The van der Waals surface area contributed by atoms with Gasteiger partial charge in [0.15, 0.2) is 5.13 Å². The monoisotopic (exact) mass is 294 g/mol. The van der Waals surface area contributed by atoms with E-state index in [0.29, 0.717) is 16.6 Å². The van der Waals surface area contributed by atoms with Gasteiger partial charge in [0.1, 0.15) is 10.7 Å². The van der Waals surface area contributed by atoms with Gasteiger partial charge in [-0.05, 0) is 6.92 Å². The minimum atomic E-state index is -0.212. The van der Waals surface area contributed by atoms with Crippen molar-refractivity contribution in [3.05, 3.63) is 22.3 Å². The average molecular weight is 294 g/mol. The van der Waals surface area contributed by atoms with E-state index in [1.54, 1.807) is 4.68 Å². The van der Waals surface area contributed by atoms with Crippen molar-refractivity contribution in [1.29, 1.82) is 0 Å². The first-order chi connectivity index (χ1) is 9.38. The van der Waals surface area contributed by atoms with Crippen molar-refractivity contribution < 1.29 is 4.79 Å². The number of nitrogen functional groups attached to an aromatic ring is 1. The summed E-state index contributed by atoms with van der Waals surface area (Å²) in [4.78, 5) is 18.5. The van der Waals surface area contributed by atoms with E-state index in [0.717, 1.165) is 11.3 Å². The van der Waals surface area contributed by atoms with Crippen LogP contribution in [0.15, 0.2) is 6.20 Å². The lowest BCUT2D eigenvalue weighted by Gasteiger charge is -2.05. The smallest absolute Gasteiger partial charge is 0.265 e. The van der Waals surface area contributed by atoms with Gasteiger partial charge in [-0.25, -0.2) is 4.98 Å². The summed E-state index contributed by atoms with van der Waals surface area (Å²) in [5.74, 6) is 0.0514. The zero-order valence-electron chi connectivity index (χ0n) is 12.0. The van der Waals surface area contributed by atoms with Gasteiger partial charge in [0.05, 0.1) is 5.69 Å². The molecule has 20 heavy (non-hydrogen) atoms. The highest BCUT2D eigenvalue weighted by atomic mass is 32.1. The Morgan fingerprint density at radius 3 is 2.75 bits per heavy atom. The molecular formula is C12H18N6OS. The molecule has 0 unspecified atom stereocenters. The molecule has 0 atom stereocenters. The first kappa shape index (κ1) is 14.3. The molecule has 0 fully saturated rings. The summed E-state index contributed by atoms with van der Waals surface area (Å²) in [5.41, 5.74) is 7.66. The predicted molar refractivity (Wildman–Crippen MR) is 80.0 cm³/mol. The zero-order valence-corrected chi connectivity index (χ0v) is 12.8. The highest BCUT2D eigenvalue weighted by molar-refractivity contribution is 7.18. The molecule has 2 aromatic heterocycles. The quantitative estimate of drug-likeness (QED) is 0.869. The van der Waals surface area contributed by atoms with Crippen molar-refractivity contribution in [2.45, 2.75) is 13.5 Å². The van der Waals surface area contributed by atoms with Gasteiger partial charge in [-0.3, -0.25) is 9.48 Å². The average Bonchev–Trinajstić information content (AvgIpc) is 2.89. The molecular weight excluding hydrogens is 276 g/mol. The van der Waals surface area contributed by atoms with E-state index in [1.807, 2.05) is 39.2 Å². The third kappa shape index (κ3) is 2.90. The summed E-state index contributed by atoms with van der Waals surface area (Å²) >= 11 is 1.28. The maximum absolute atomic E-state index is 12.1. The van der Waals surface area contributed by atoms with Crippen LogP contribution in [0.1, 0.15) is 20.9 Å². The number of hydrogen-bond acceptors (Lipinski definition) is 6. The largest absolute Gasteiger partial charge is 0.382 e. The fourth-order valence-corrected chi connectivity index (χ4v) is 2.58. The summed E-state index contributed by atoms with van der Waals surface area (Å²) in [7, 11) is 5.57. The standard InChI is InChI=1S/C12H18N6OS/c1-7-8(6-18(4)16-7)5-14-11(19)9-10(13)15-12(20-9)17(2)3/h6H,5,13H2,1-4H3,(H,14,19). The number of nitrogens with one attached hydrogen (secondary N) is 1. The number of anilines is 2. The number of carbonyl (C=O) groups is 1. The van der Waals surface area contributed by atoms with Gasteiger partial charge >= 0.3 is 0 Å². The minimum Gasteiger partial charge on any atom is -0.382 e. The number of nitrogens with two attached hydrogens (primary N) is 1. The Morgan fingerprint density at radius 1 is 1.55 bits per heavy atom. The SMILES string of the molecule is Cc1nn(C)cc1CNC(=O)c1sc(N(C)C)nc1N. The third-order valence-electron chi connectivity index (χ3n) is 2.79. The third-order valence-corrected chi connectivity index (χ3v) is 4.02. The first-order valence-corrected chi connectivity index (χ1v) is 6.91. The van der Waals surface area contributed by atoms with E-state index in [2.05, 4.69) is 15.4 Å². The molecule has 0 saturated carbocycles. The van der Waals surface area contributed by atoms with Crippen molar-refractivity contribution in [3.8, 4) is 0 Å². The molecule has 3 N–H and O–H groups in total. The molecule has 0 bridgehead atoms. The number of rotatable bonds is 4. The second kappa shape index (κ2) is 5.49. The molecule has 7 nitrogen and oxygen atoms in total. The normalized spacial score (nSPS) is 10.6. The Kier molecular flexibility index (Phi) is 3.93. The van der Waals surface area contributed by atoms with Crippen molar-refractivity contribution in [3.63, 3.8) is 0 Å². The Balaban J connectivity index is 2.07. The molecule has 108 valence electrons. The molecule has 0 radical (unpaired) electrons. The van der Waals surface area contributed by atoms with Crippen molar-refractivity contribution in [1.82, 2.24) is 20.1 Å². The van der Waals surface area contributed by atoms with E-state index in [1.165, 1.54) is 11.3 Å². The second-order valence-corrected chi connectivity index (χ2v) is 5.68. The Morgan fingerprint density at radius 2 is 2.25 bits per heavy atom. The Labute approximate surface area is 121 Å². The van der Waals surface area contributed by atoms with Crippen LogP contribution in [0.25, 0.3) is 0 Å². The van der Waals surface area contributed by atoms with Gasteiger partial charge in [-0.2, -0.15) is 5.10 Å². The summed E-state index contributed by atoms with van der Waals surface area (Å²) in [6.45, 7) is 2.33. The maximum atomic E-state index is 12.1. The first-order valence-electron chi connectivity index (χ1n) is 6.09. The maximum Gasteiger partial charge on any atom is 0.265 e. The summed E-state index contributed by atoms with van der Waals surface area (Å²) < 4.78 is 1.72. The second-order valence-electron chi connectivity index (χ2n) is 4.70. The van der Waals surface area contributed by atoms with E-state index < -0.39 is 0 Å². The van der Waals surface area contributed by atoms with Crippen molar-refractivity contribution in [2.24, 2.45) is 7.05 Å². The van der Waals surface area contributed by atoms with E-state index in [-0.39, 0.29) is 11.7 Å². The number of nitrogens with zero attached hydrogens (tertiary/aromatic N) is 4. The number of hydrogen-bond donors (Lipinski definition) is 2. The number of carbonyl (C=O) groups excluding carboxylic acids is 1. The minimum absolute atomic E-state index is 0.212.